The highest BCUT2D eigenvalue weighted by Gasteiger charge is 2.21. The summed E-state index contributed by atoms with van der Waals surface area (Å²) in [4.78, 5) is 29.9. The fourth-order valence-electron chi connectivity index (χ4n) is 5.33. The third-order valence-electron chi connectivity index (χ3n) is 7.45. The summed E-state index contributed by atoms with van der Waals surface area (Å²) < 4.78 is 7.17. The smallest absolute Gasteiger partial charge is 0.338 e. The molecule has 1 fully saturated rings. The Labute approximate surface area is 234 Å². The second-order valence-electron chi connectivity index (χ2n) is 10.1. The highest BCUT2D eigenvalue weighted by Crippen LogP contribution is 2.28. The Bertz CT molecular complexity index is 1440. The van der Waals surface area contributed by atoms with Crippen molar-refractivity contribution in [1.29, 1.82) is 0 Å². The Morgan fingerprint density at radius 1 is 0.974 bits per heavy atom. The minimum atomic E-state index is -0.334. The molecular weight excluding hydrogens is 506 g/mol. The Kier molecular flexibility index (Phi) is 8.99. The van der Waals surface area contributed by atoms with E-state index in [1.165, 1.54) is 29.9 Å². The van der Waals surface area contributed by atoms with Crippen LogP contribution in [0.3, 0.4) is 0 Å². The van der Waals surface area contributed by atoms with Crippen molar-refractivity contribution in [2.24, 2.45) is 5.92 Å². The lowest BCUT2D eigenvalue weighted by Crippen LogP contribution is -2.33. The first-order valence-corrected chi connectivity index (χ1v) is 14.7. The highest BCUT2D eigenvalue weighted by molar-refractivity contribution is 7.98. The second kappa shape index (κ2) is 13.0. The maximum Gasteiger partial charge on any atom is 0.338 e. The van der Waals surface area contributed by atoms with E-state index < -0.39 is 0 Å². The molecule has 0 aliphatic heterocycles. The number of esters is 1. The fraction of sp³-hybridized carbons (Fsp3) is 0.344. The van der Waals surface area contributed by atoms with Gasteiger partial charge in [-0.2, -0.15) is 0 Å². The largest absolute Gasteiger partial charge is 0.465 e. The fourth-order valence-corrected chi connectivity index (χ4v) is 6.34. The average Bonchev–Trinajstić information content (AvgIpc) is 3.37. The second-order valence-corrected chi connectivity index (χ2v) is 11.0. The lowest BCUT2D eigenvalue weighted by molar-refractivity contribution is -0.125. The lowest BCUT2D eigenvalue weighted by Gasteiger charge is -2.20. The molecule has 39 heavy (non-hydrogen) atoms. The van der Waals surface area contributed by atoms with Crippen LogP contribution in [-0.2, 0) is 28.2 Å². The summed E-state index contributed by atoms with van der Waals surface area (Å²) in [5.74, 6) is 0.595. The summed E-state index contributed by atoms with van der Waals surface area (Å²) in [5, 5.41) is 6.46. The number of hydrogen-bond acceptors (Lipinski definition) is 5. The molecule has 1 aliphatic rings. The van der Waals surface area contributed by atoms with Crippen LogP contribution in [0, 0.1) is 5.92 Å². The van der Waals surface area contributed by atoms with Crippen molar-refractivity contribution in [3.8, 4) is 0 Å². The first kappa shape index (κ1) is 27.0. The van der Waals surface area contributed by atoms with Gasteiger partial charge >= 0.3 is 5.97 Å². The molecule has 5 rings (SSSR count). The van der Waals surface area contributed by atoms with E-state index in [0.29, 0.717) is 30.8 Å². The van der Waals surface area contributed by atoms with E-state index in [9.17, 15) is 9.59 Å². The van der Waals surface area contributed by atoms with Crippen molar-refractivity contribution in [3.05, 3.63) is 95.3 Å². The van der Waals surface area contributed by atoms with Gasteiger partial charge < -0.3 is 14.6 Å². The molecule has 0 unspecified atom stereocenters. The Morgan fingerprint density at radius 3 is 2.56 bits per heavy atom. The Hall–Kier alpha value is -3.58. The molecule has 6 nitrogen and oxygen atoms in total. The van der Waals surface area contributed by atoms with Crippen molar-refractivity contribution < 1.29 is 14.3 Å². The van der Waals surface area contributed by atoms with Gasteiger partial charge in [0.25, 0.3) is 0 Å². The summed E-state index contributed by atoms with van der Waals surface area (Å²) in [5.41, 5.74) is 3.66. The number of thioether (sulfide) groups is 1. The van der Waals surface area contributed by atoms with Crippen LogP contribution in [0.15, 0.2) is 78.1 Å². The molecule has 1 aliphatic carbocycles. The number of methoxy groups -OCH3 is 1. The summed E-state index contributed by atoms with van der Waals surface area (Å²) in [6.07, 6.45) is 8.31. The van der Waals surface area contributed by atoms with Crippen LogP contribution < -0.4 is 5.32 Å². The zero-order chi connectivity index (χ0) is 27.0. The Morgan fingerprint density at radius 2 is 1.72 bits per heavy atom. The Balaban J connectivity index is 1.34. The van der Waals surface area contributed by atoms with E-state index in [1.54, 1.807) is 17.8 Å². The summed E-state index contributed by atoms with van der Waals surface area (Å²) in [7, 11) is 1.41. The number of hydrogen-bond donors (Lipinski definition) is 1. The zero-order valence-electron chi connectivity index (χ0n) is 22.4. The van der Waals surface area contributed by atoms with E-state index in [4.69, 9.17) is 9.72 Å². The van der Waals surface area contributed by atoms with E-state index in [1.807, 2.05) is 18.2 Å². The number of fused-ring (bicyclic) bond motifs is 1. The molecule has 4 aromatic rings. The quantitative estimate of drug-likeness (QED) is 0.186. The minimum absolute atomic E-state index is 0.156. The summed E-state index contributed by atoms with van der Waals surface area (Å²) >= 11 is 1.61. The molecule has 0 spiro atoms. The monoisotopic (exact) mass is 541 g/mol. The van der Waals surface area contributed by atoms with Crippen molar-refractivity contribution in [3.63, 3.8) is 0 Å². The highest BCUT2D eigenvalue weighted by atomic mass is 32.2. The number of ether oxygens (including phenoxy) is 1. The van der Waals surface area contributed by atoms with Gasteiger partial charge in [-0.05, 0) is 40.8 Å². The van der Waals surface area contributed by atoms with E-state index in [0.717, 1.165) is 42.1 Å². The molecule has 1 N–H and O–H groups in total. The first-order valence-electron chi connectivity index (χ1n) is 13.7. The molecule has 202 valence electrons. The predicted molar refractivity (Wildman–Crippen MR) is 156 cm³/mol. The summed E-state index contributed by atoms with van der Waals surface area (Å²) in [6, 6.07) is 22.3. The van der Waals surface area contributed by atoms with Gasteiger partial charge in [-0.3, -0.25) is 4.79 Å². The topological polar surface area (TPSA) is 73.2 Å². The maximum absolute atomic E-state index is 12.6. The van der Waals surface area contributed by atoms with Crippen molar-refractivity contribution in [2.45, 2.75) is 56.0 Å². The van der Waals surface area contributed by atoms with Crippen molar-refractivity contribution >= 4 is 34.4 Å². The van der Waals surface area contributed by atoms with Crippen LogP contribution in [0.25, 0.3) is 10.8 Å². The molecule has 7 heteroatoms. The van der Waals surface area contributed by atoms with Gasteiger partial charge in [0.15, 0.2) is 5.16 Å². The van der Waals surface area contributed by atoms with Crippen LogP contribution in [0.2, 0.25) is 0 Å². The number of nitrogens with one attached hydrogen (secondary N) is 1. The molecular formula is C32H35N3O3S. The number of imidazole rings is 1. The van der Waals surface area contributed by atoms with Gasteiger partial charge in [0.05, 0.1) is 24.9 Å². The first-order chi connectivity index (χ1) is 19.1. The van der Waals surface area contributed by atoms with Gasteiger partial charge in [0.2, 0.25) is 5.91 Å². The lowest BCUT2D eigenvalue weighted by atomic mass is 9.89. The molecule has 1 amide bonds. The number of amides is 1. The number of carbonyl (C=O) groups is 2. The van der Waals surface area contributed by atoms with E-state index >= 15 is 0 Å². The van der Waals surface area contributed by atoms with Gasteiger partial charge in [-0.25, -0.2) is 9.78 Å². The molecule has 1 saturated carbocycles. The third kappa shape index (κ3) is 6.71. The number of rotatable bonds is 10. The van der Waals surface area contributed by atoms with E-state index in [2.05, 4.69) is 58.5 Å². The number of nitrogens with zero attached hydrogens (tertiary/aromatic N) is 2. The van der Waals surface area contributed by atoms with Gasteiger partial charge in [-0.15, -0.1) is 0 Å². The van der Waals surface area contributed by atoms with Gasteiger partial charge in [0.1, 0.15) is 0 Å². The molecule has 1 aromatic heterocycles. The van der Waals surface area contributed by atoms with Gasteiger partial charge in [0, 0.05) is 30.8 Å². The standard InChI is InChI=1S/C32H35N3O3S/c1-38-31(37)29-17-8-6-13-26(29)22-39-32-34-27(18-19-33-30(36)24-11-3-2-4-12-24)21-35(32)20-25-15-9-14-23-10-5-7-16-28(23)25/h5-10,13-17,21,24H,2-4,11-12,18-20,22H2,1H3,(H,33,36). The van der Waals surface area contributed by atoms with Crippen LogP contribution in [0.1, 0.15) is 59.3 Å². The maximum atomic E-state index is 12.6. The third-order valence-corrected chi connectivity index (χ3v) is 8.49. The van der Waals surface area contributed by atoms with Crippen LogP contribution in [-0.4, -0.2) is 35.1 Å². The molecule has 0 saturated heterocycles. The number of benzene rings is 3. The number of carbonyl (C=O) groups excluding carboxylic acids is 2. The number of aromatic nitrogens is 2. The molecule has 0 radical (unpaired) electrons. The molecule has 0 bridgehead atoms. The summed E-state index contributed by atoms with van der Waals surface area (Å²) in [6.45, 7) is 1.26. The van der Waals surface area contributed by atoms with Crippen molar-refractivity contribution in [1.82, 2.24) is 14.9 Å². The average molecular weight is 542 g/mol. The molecule has 3 aromatic carbocycles. The SMILES string of the molecule is COC(=O)c1ccccc1CSc1nc(CCNC(=O)C2CCCCC2)cn1Cc1cccc2ccccc12. The van der Waals surface area contributed by atoms with Crippen LogP contribution >= 0.6 is 11.8 Å². The molecule has 0 atom stereocenters. The van der Waals surface area contributed by atoms with Crippen molar-refractivity contribution in [2.75, 3.05) is 13.7 Å². The molecule has 1 heterocycles. The van der Waals surface area contributed by atoms with E-state index in [-0.39, 0.29) is 17.8 Å². The normalized spacial score (nSPS) is 13.9. The van der Waals surface area contributed by atoms with Crippen LogP contribution in [0.5, 0.6) is 0 Å². The minimum Gasteiger partial charge on any atom is -0.465 e. The predicted octanol–water partition coefficient (Wildman–Crippen LogP) is 6.40. The van der Waals surface area contributed by atoms with Gasteiger partial charge in [-0.1, -0.05) is 91.7 Å². The zero-order valence-corrected chi connectivity index (χ0v) is 23.2. The van der Waals surface area contributed by atoms with Crippen LogP contribution in [0.4, 0.5) is 0 Å².